The molecule has 0 aliphatic rings. The molecular weight excluding hydrogens is 899 g/mol. The number of aliphatic hydroxyl groups excluding tert-OH is 2. The van der Waals surface area contributed by atoms with E-state index in [1.54, 1.807) is 6.08 Å². The summed E-state index contributed by atoms with van der Waals surface area (Å²) in [7, 11) is 0. The van der Waals surface area contributed by atoms with E-state index in [1.165, 1.54) is 295 Å². The Hall–Kier alpha value is -1.66. The van der Waals surface area contributed by atoms with Gasteiger partial charge >= 0.3 is 5.97 Å². The number of unbranched alkanes of at least 4 members (excludes halogenated alkanes) is 49. The number of hydrogen-bond donors (Lipinski definition) is 3. The molecule has 6 heteroatoms. The first-order valence-electron chi connectivity index (χ1n) is 33.1. The summed E-state index contributed by atoms with van der Waals surface area (Å²) in [6.45, 7) is 4.93. The molecule has 0 heterocycles. The van der Waals surface area contributed by atoms with Crippen LogP contribution in [0.15, 0.2) is 24.3 Å². The SMILES string of the molecule is CCCCCCCCCCCCCCCC/C=C/C(O)C(CO)NC(=O)CCCCCCCCC/C=C\CCCCCCCCCCCCCOC(=O)CCCCCCCCCCCCCCCCCCCC. The topological polar surface area (TPSA) is 95.9 Å². The van der Waals surface area contributed by atoms with Crippen molar-refractivity contribution in [3.05, 3.63) is 24.3 Å². The maximum absolute atomic E-state index is 12.5. The van der Waals surface area contributed by atoms with Crippen molar-refractivity contribution in [3.8, 4) is 0 Å². The summed E-state index contributed by atoms with van der Waals surface area (Å²) in [4.78, 5) is 24.6. The third-order valence-corrected chi connectivity index (χ3v) is 15.5. The van der Waals surface area contributed by atoms with Crippen LogP contribution in [0.4, 0.5) is 0 Å². The number of esters is 1. The number of nitrogens with one attached hydrogen (secondary N) is 1. The molecule has 0 rings (SSSR count). The Balaban J connectivity index is 3.41. The highest BCUT2D eigenvalue weighted by molar-refractivity contribution is 5.76. The van der Waals surface area contributed by atoms with Gasteiger partial charge in [0.1, 0.15) is 0 Å². The van der Waals surface area contributed by atoms with Gasteiger partial charge in [-0.1, -0.05) is 321 Å². The zero-order valence-corrected chi connectivity index (χ0v) is 49.4. The highest BCUT2D eigenvalue weighted by Crippen LogP contribution is 2.18. The highest BCUT2D eigenvalue weighted by atomic mass is 16.5. The molecule has 0 aliphatic heterocycles. The normalized spacial score (nSPS) is 12.7. The summed E-state index contributed by atoms with van der Waals surface area (Å²) in [6, 6.07) is -0.633. The Morgan fingerprint density at radius 1 is 0.370 bits per heavy atom. The van der Waals surface area contributed by atoms with Crippen molar-refractivity contribution in [2.75, 3.05) is 13.2 Å². The number of aliphatic hydroxyl groups is 2. The molecule has 3 N–H and O–H groups in total. The molecular formula is C67H129NO5. The van der Waals surface area contributed by atoms with Crippen molar-refractivity contribution >= 4 is 11.9 Å². The van der Waals surface area contributed by atoms with Gasteiger partial charge in [0, 0.05) is 12.8 Å². The lowest BCUT2D eigenvalue weighted by atomic mass is 10.0. The van der Waals surface area contributed by atoms with Gasteiger partial charge in [-0.3, -0.25) is 9.59 Å². The second kappa shape index (κ2) is 62.9. The summed E-state index contributed by atoms with van der Waals surface area (Å²) in [5, 5.41) is 23.2. The third-order valence-electron chi connectivity index (χ3n) is 15.5. The van der Waals surface area contributed by atoms with E-state index < -0.39 is 12.1 Å². The molecule has 432 valence electrons. The van der Waals surface area contributed by atoms with Crippen LogP contribution in [-0.2, 0) is 14.3 Å². The molecule has 73 heavy (non-hydrogen) atoms. The van der Waals surface area contributed by atoms with Crippen LogP contribution in [0.1, 0.15) is 367 Å². The van der Waals surface area contributed by atoms with Crippen LogP contribution in [0.25, 0.3) is 0 Å². The van der Waals surface area contributed by atoms with E-state index in [0.29, 0.717) is 19.4 Å². The van der Waals surface area contributed by atoms with Crippen LogP contribution in [-0.4, -0.2) is 47.4 Å². The van der Waals surface area contributed by atoms with Gasteiger partial charge in [0.2, 0.25) is 5.91 Å². The lowest BCUT2D eigenvalue weighted by Gasteiger charge is -2.20. The predicted octanol–water partition coefficient (Wildman–Crippen LogP) is 21.0. The molecule has 0 saturated heterocycles. The quantitative estimate of drug-likeness (QED) is 0.0320. The molecule has 0 bridgehead atoms. The van der Waals surface area contributed by atoms with E-state index in [1.807, 2.05) is 6.08 Å². The molecule has 2 atom stereocenters. The van der Waals surface area contributed by atoms with E-state index in [9.17, 15) is 19.8 Å². The largest absolute Gasteiger partial charge is 0.466 e. The summed E-state index contributed by atoms with van der Waals surface area (Å²) in [5.74, 6) is -0.0583. The molecule has 6 nitrogen and oxygen atoms in total. The van der Waals surface area contributed by atoms with Crippen LogP contribution in [0.2, 0.25) is 0 Å². The third kappa shape index (κ3) is 59.4. The minimum Gasteiger partial charge on any atom is -0.466 e. The smallest absolute Gasteiger partial charge is 0.305 e. The molecule has 0 aromatic carbocycles. The zero-order valence-electron chi connectivity index (χ0n) is 49.4. The first-order valence-corrected chi connectivity index (χ1v) is 33.1. The van der Waals surface area contributed by atoms with E-state index in [2.05, 4.69) is 31.3 Å². The Labute approximate surface area is 456 Å². The second-order valence-corrected chi connectivity index (χ2v) is 22.8. The van der Waals surface area contributed by atoms with Gasteiger partial charge < -0.3 is 20.3 Å². The fourth-order valence-electron chi connectivity index (χ4n) is 10.4. The molecule has 0 aliphatic carbocycles. The molecule has 0 saturated carbocycles. The van der Waals surface area contributed by atoms with Crippen molar-refractivity contribution in [2.24, 2.45) is 0 Å². The van der Waals surface area contributed by atoms with Gasteiger partial charge in [-0.05, 0) is 57.8 Å². The lowest BCUT2D eigenvalue weighted by molar-refractivity contribution is -0.143. The van der Waals surface area contributed by atoms with E-state index in [-0.39, 0.29) is 18.5 Å². The standard InChI is InChI=1S/C67H129NO5/c1-3-5-7-9-11-13-15-17-19-21-29-33-37-41-45-49-53-57-61-67(72)73-62-58-54-50-46-42-38-34-30-27-25-23-22-24-26-28-32-36-40-44-48-52-56-60-66(71)68-64(63-69)65(70)59-55-51-47-43-39-35-31-20-18-16-14-12-10-8-6-4-2/h24,26,55,59,64-65,69-70H,3-23,25,27-54,56-58,60-63H2,1-2H3,(H,68,71)/b26-24-,59-55+. The number of amides is 1. The van der Waals surface area contributed by atoms with E-state index in [0.717, 1.165) is 44.9 Å². The second-order valence-electron chi connectivity index (χ2n) is 22.8. The van der Waals surface area contributed by atoms with Gasteiger partial charge in [0.05, 0.1) is 25.4 Å². The Bertz CT molecular complexity index is 1140. The average molecular weight is 1030 g/mol. The molecule has 0 radical (unpaired) electrons. The number of rotatable bonds is 62. The summed E-state index contributed by atoms with van der Waals surface area (Å²) >= 11 is 0. The zero-order chi connectivity index (χ0) is 52.9. The fraction of sp³-hybridized carbons (Fsp3) is 0.910. The van der Waals surface area contributed by atoms with Gasteiger partial charge in [-0.2, -0.15) is 0 Å². The van der Waals surface area contributed by atoms with Gasteiger partial charge in [-0.15, -0.1) is 0 Å². The average Bonchev–Trinajstić information content (AvgIpc) is 3.39. The number of carbonyl (C=O) groups excluding carboxylic acids is 2. The lowest BCUT2D eigenvalue weighted by Crippen LogP contribution is -2.45. The van der Waals surface area contributed by atoms with Crippen molar-refractivity contribution in [2.45, 2.75) is 379 Å². The monoisotopic (exact) mass is 1030 g/mol. The molecule has 0 aromatic heterocycles. The number of hydrogen-bond acceptors (Lipinski definition) is 5. The molecule has 0 fully saturated rings. The fourth-order valence-corrected chi connectivity index (χ4v) is 10.4. The van der Waals surface area contributed by atoms with Crippen LogP contribution in [0.5, 0.6) is 0 Å². The molecule has 2 unspecified atom stereocenters. The van der Waals surface area contributed by atoms with E-state index >= 15 is 0 Å². The van der Waals surface area contributed by atoms with Crippen molar-refractivity contribution in [1.82, 2.24) is 5.32 Å². The Kier molecular flexibility index (Phi) is 61.4. The number of ether oxygens (including phenoxy) is 1. The van der Waals surface area contributed by atoms with Crippen LogP contribution in [0.3, 0.4) is 0 Å². The van der Waals surface area contributed by atoms with E-state index in [4.69, 9.17) is 4.74 Å². The van der Waals surface area contributed by atoms with Crippen LogP contribution < -0.4 is 5.32 Å². The maximum Gasteiger partial charge on any atom is 0.305 e. The Morgan fingerprint density at radius 3 is 0.973 bits per heavy atom. The minimum atomic E-state index is -0.849. The number of carbonyl (C=O) groups is 2. The van der Waals surface area contributed by atoms with Crippen molar-refractivity contribution in [1.29, 1.82) is 0 Å². The molecule has 1 amide bonds. The summed E-state index contributed by atoms with van der Waals surface area (Å²) in [6.07, 6.45) is 78.0. The highest BCUT2D eigenvalue weighted by Gasteiger charge is 2.18. The summed E-state index contributed by atoms with van der Waals surface area (Å²) < 4.78 is 5.50. The first kappa shape index (κ1) is 71.3. The molecule has 0 spiro atoms. The number of allylic oxidation sites excluding steroid dienone is 3. The van der Waals surface area contributed by atoms with Crippen LogP contribution >= 0.6 is 0 Å². The first-order chi connectivity index (χ1) is 36.0. The maximum atomic E-state index is 12.5. The van der Waals surface area contributed by atoms with Gasteiger partial charge in [0.25, 0.3) is 0 Å². The van der Waals surface area contributed by atoms with Crippen molar-refractivity contribution < 1.29 is 24.5 Å². The Morgan fingerprint density at radius 2 is 0.644 bits per heavy atom. The predicted molar refractivity (Wildman–Crippen MR) is 320 cm³/mol. The van der Waals surface area contributed by atoms with Gasteiger partial charge in [0.15, 0.2) is 0 Å². The van der Waals surface area contributed by atoms with Crippen molar-refractivity contribution in [3.63, 3.8) is 0 Å². The van der Waals surface area contributed by atoms with Crippen LogP contribution in [0, 0.1) is 0 Å². The minimum absolute atomic E-state index is 0.0143. The summed E-state index contributed by atoms with van der Waals surface area (Å²) in [5.41, 5.74) is 0. The van der Waals surface area contributed by atoms with Gasteiger partial charge in [-0.25, -0.2) is 0 Å². The molecule has 0 aromatic rings.